The Morgan fingerprint density at radius 2 is 1.43 bits per heavy atom. The smallest absolute Gasteiger partial charge is 0.265 e. The molecule has 0 aliphatic rings. The second kappa shape index (κ2) is 8.63. The number of rotatable bonds is 6. The number of nitrogens with two attached hydrogens (primary N) is 1. The number of amides is 2. The van der Waals surface area contributed by atoms with Crippen LogP contribution in [0, 0.1) is 0 Å². The van der Waals surface area contributed by atoms with Gasteiger partial charge in [0.15, 0.2) is 0 Å². The van der Waals surface area contributed by atoms with E-state index in [1.165, 1.54) is 11.3 Å². The molecule has 4 rings (SSSR count). The minimum atomic E-state index is -0.465. The SMILES string of the molecule is NC(=O)c1ccc(-c2ccc(C(=O)Nc3ccc(Oc4ccccc4)cc3)s2)cc1. The molecule has 4 aromatic rings. The Balaban J connectivity index is 1.41. The van der Waals surface area contributed by atoms with Crippen molar-refractivity contribution in [1.29, 1.82) is 0 Å². The topological polar surface area (TPSA) is 81.4 Å². The highest BCUT2D eigenvalue weighted by molar-refractivity contribution is 7.17. The molecule has 3 aromatic carbocycles. The molecule has 5 nitrogen and oxygen atoms in total. The number of carbonyl (C=O) groups is 2. The molecule has 30 heavy (non-hydrogen) atoms. The van der Waals surface area contributed by atoms with Crippen LogP contribution in [-0.2, 0) is 0 Å². The molecule has 0 spiro atoms. The number of nitrogens with one attached hydrogen (secondary N) is 1. The van der Waals surface area contributed by atoms with Crippen molar-refractivity contribution in [3.05, 3.63) is 101 Å². The van der Waals surface area contributed by atoms with Crippen LogP contribution < -0.4 is 15.8 Å². The van der Waals surface area contributed by atoms with Crippen LogP contribution in [-0.4, -0.2) is 11.8 Å². The molecular weight excluding hydrogens is 396 g/mol. The van der Waals surface area contributed by atoms with Crippen molar-refractivity contribution in [3.8, 4) is 21.9 Å². The maximum Gasteiger partial charge on any atom is 0.265 e. The second-order valence-electron chi connectivity index (χ2n) is 6.50. The van der Waals surface area contributed by atoms with Crippen LogP contribution in [0.1, 0.15) is 20.0 Å². The standard InChI is InChI=1S/C24H18N2O3S/c25-23(27)17-8-6-16(7-9-17)21-14-15-22(30-21)24(28)26-18-10-12-20(13-11-18)29-19-4-2-1-3-5-19/h1-15H,(H2,25,27)(H,26,28). The summed E-state index contributed by atoms with van der Waals surface area (Å²) in [6.45, 7) is 0. The Hall–Kier alpha value is -3.90. The van der Waals surface area contributed by atoms with Gasteiger partial charge in [-0.15, -0.1) is 11.3 Å². The summed E-state index contributed by atoms with van der Waals surface area (Å²) in [4.78, 5) is 25.3. The van der Waals surface area contributed by atoms with Gasteiger partial charge in [-0.2, -0.15) is 0 Å². The maximum absolute atomic E-state index is 12.6. The molecule has 0 aliphatic heterocycles. The number of hydrogen-bond donors (Lipinski definition) is 2. The number of carbonyl (C=O) groups excluding carboxylic acids is 2. The van der Waals surface area contributed by atoms with E-state index in [9.17, 15) is 9.59 Å². The van der Waals surface area contributed by atoms with Crippen LogP contribution in [0.15, 0.2) is 91.0 Å². The fourth-order valence-corrected chi connectivity index (χ4v) is 3.74. The summed E-state index contributed by atoms with van der Waals surface area (Å²) in [5.74, 6) is 0.797. The summed E-state index contributed by atoms with van der Waals surface area (Å²) in [6.07, 6.45) is 0. The van der Waals surface area contributed by atoms with E-state index in [1.807, 2.05) is 60.7 Å². The van der Waals surface area contributed by atoms with E-state index in [4.69, 9.17) is 10.5 Å². The van der Waals surface area contributed by atoms with Gasteiger partial charge in [-0.05, 0) is 66.2 Å². The van der Waals surface area contributed by atoms with Gasteiger partial charge in [0, 0.05) is 16.1 Å². The predicted molar refractivity (Wildman–Crippen MR) is 119 cm³/mol. The zero-order chi connectivity index (χ0) is 20.9. The van der Waals surface area contributed by atoms with E-state index >= 15 is 0 Å². The number of hydrogen-bond acceptors (Lipinski definition) is 4. The van der Waals surface area contributed by atoms with E-state index in [0.717, 1.165) is 16.2 Å². The molecule has 6 heteroatoms. The van der Waals surface area contributed by atoms with Crippen molar-refractivity contribution in [1.82, 2.24) is 0 Å². The van der Waals surface area contributed by atoms with Crippen molar-refractivity contribution in [3.63, 3.8) is 0 Å². The molecule has 0 saturated carbocycles. The van der Waals surface area contributed by atoms with Gasteiger partial charge < -0.3 is 15.8 Å². The Labute approximate surface area is 177 Å². The first-order valence-corrected chi connectivity index (χ1v) is 10.0. The van der Waals surface area contributed by atoms with Crippen molar-refractivity contribution >= 4 is 28.8 Å². The quantitative estimate of drug-likeness (QED) is 0.433. The third-order valence-electron chi connectivity index (χ3n) is 4.37. The summed E-state index contributed by atoms with van der Waals surface area (Å²) in [5.41, 5.74) is 7.33. The van der Waals surface area contributed by atoms with Crippen molar-refractivity contribution in [2.45, 2.75) is 0 Å². The van der Waals surface area contributed by atoms with E-state index in [1.54, 1.807) is 30.3 Å². The first kappa shape index (κ1) is 19.4. The van der Waals surface area contributed by atoms with E-state index in [2.05, 4.69) is 5.32 Å². The first-order valence-electron chi connectivity index (χ1n) is 9.23. The van der Waals surface area contributed by atoms with Crippen LogP contribution in [0.5, 0.6) is 11.5 Å². The molecule has 2 amide bonds. The summed E-state index contributed by atoms with van der Waals surface area (Å²) < 4.78 is 5.76. The van der Waals surface area contributed by atoms with Crippen molar-refractivity contribution < 1.29 is 14.3 Å². The van der Waals surface area contributed by atoms with Gasteiger partial charge >= 0.3 is 0 Å². The van der Waals surface area contributed by atoms with Crippen LogP contribution in [0.4, 0.5) is 5.69 Å². The Morgan fingerprint density at radius 1 is 0.767 bits per heavy atom. The highest BCUT2D eigenvalue weighted by Crippen LogP contribution is 2.29. The molecular formula is C24H18N2O3S. The Bertz CT molecular complexity index is 1170. The minimum Gasteiger partial charge on any atom is -0.457 e. The average Bonchev–Trinajstić information content (AvgIpc) is 3.26. The third kappa shape index (κ3) is 4.56. The lowest BCUT2D eigenvalue weighted by Gasteiger charge is -2.07. The Morgan fingerprint density at radius 3 is 2.10 bits per heavy atom. The number of ether oxygens (including phenoxy) is 1. The molecule has 0 radical (unpaired) electrons. The number of primary amides is 1. The van der Waals surface area contributed by atoms with E-state index in [0.29, 0.717) is 21.9 Å². The van der Waals surface area contributed by atoms with Gasteiger partial charge in [-0.1, -0.05) is 30.3 Å². The van der Waals surface area contributed by atoms with Crippen LogP contribution in [0.25, 0.3) is 10.4 Å². The first-order chi connectivity index (χ1) is 14.6. The average molecular weight is 414 g/mol. The fraction of sp³-hybridized carbons (Fsp3) is 0. The lowest BCUT2D eigenvalue weighted by molar-refractivity contribution is 0.0998. The van der Waals surface area contributed by atoms with Gasteiger partial charge in [0.25, 0.3) is 5.91 Å². The molecule has 0 saturated heterocycles. The van der Waals surface area contributed by atoms with Gasteiger partial charge in [-0.25, -0.2) is 0 Å². The van der Waals surface area contributed by atoms with Gasteiger partial charge in [0.2, 0.25) is 5.91 Å². The molecule has 1 heterocycles. The molecule has 1 aromatic heterocycles. The number of benzene rings is 3. The van der Waals surface area contributed by atoms with Gasteiger partial charge in [0.05, 0.1) is 4.88 Å². The third-order valence-corrected chi connectivity index (χ3v) is 5.51. The van der Waals surface area contributed by atoms with Crippen LogP contribution in [0.3, 0.4) is 0 Å². The fourth-order valence-electron chi connectivity index (χ4n) is 2.84. The molecule has 0 bridgehead atoms. The summed E-state index contributed by atoms with van der Waals surface area (Å²) in [7, 11) is 0. The van der Waals surface area contributed by atoms with Gasteiger partial charge in [0.1, 0.15) is 11.5 Å². The minimum absolute atomic E-state index is 0.184. The number of para-hydroxylation sites is 1. The lowest BCUT2D eigenvalue weighted by Crippen LogP contribution is -2.10. The zero-order valence-electron chi connectivity index (χ0n) is 15.9. The Kier molecular flexibility index (Phi) is 5.59. The number of thiophene rings is 1. The maximum atomic E-state index is 12.6. The van der Waals surface area contributed by atoms with Crippen LogP contribution in [0.2, 0.25) is 0 Å². The largest absolute Gasteiger partial charge is 0.457 e. The summed E-state index contributed by atoms with van der Waals surface area (Å²) in [5, 5.41) is 2.89. The molecule has 0 atom stereocenters. The summed E-state index contributed by atoms with van der Waals surface area (Å²) in [6, 6.07) is 27.4. The molecule has 0 aliphatic carbocycles. The monoisotopic (exact) mass is 414 g/mol. The molecule has 148 valence electrons. The molecule has 0 fully saturated rings. The molecule has 3 N–H and O–H groups in total. The highest BCUT2D eigenvalue weighted by atomic mass is 32.1. The van der Waals surface area contributed by atoms with Crippen molar-refractivity contribution in [2.75, 3.05) is 5.32 Å². The number of anilines is 1. The predicted octanol–water partition coefficient (Wildman–Crippen LogP) is 5.56. The van der Waals surface area contributed by atoms with E-state index < -0.39 is 5.91 Å². The van der Waals surface area contributed by atoms with Gasteiger partial charge in [-0.3, -0.25) is 9.59 Å². The highest BCUT2D eigenvalue weighted by Gasteiger charge is 2.11. The van der Waals surface area contributed by atoms with Crippen molar-refractivity contribution in [2.24, 2.45) is 5.73 Å². The van der Waals surface area contributed by atoms with E-state index in [-0.39, 0.29) is 5.91 Å². The molecule has 0 unspecified atom stereocenters. The normalized spacial score (nSPS) is 10.4. The lowest BCUT2D eigenvalue weighted by atomic mass is 10.1. The zero-order valence-corrected chi connectivity index (χ0v) is 16.7. The summed E-state index contributed by atoms with van der Waals surface area (Å²) >= 11 is 1.38. The van der Waals surface area contributed by atoms with Crippen LogP contribution >= 0.6 is 11.3 Å². The second-order valence-corrected chi connectivity index (χ2v) is 7.58.